The number of nitrogens with zero attached hydrogens (tertiary/aromatic N) is 2. The number of hydrogen-bond acceptors (Lipinski definition) is 5. The van der Waals surface area contributed by atoms with E-state index in [0.717, 1.165) is 18.8 Å². The Labute approximate surface area is 93.6 Å². The molecule has 1 aliphatic rings. The molecule has 2 rings (SSSR count). The van der Waals surface area contributed by atoms with Crippen LogP contribution < -0.4 is 4.90 Å². The predicted molar refractivity (Wildman–Crippen MR) is 61.3 cm³/mol. The highest BCUT2D eigenvalue weighted by Crippen LogP contribution is 2.34. The van der Waals surface area contributed by atoms with Gasteiger partial charge in [0.15, 0.2) is 5.69 Å². The maximum absolute atomic E-state index is 10.5. The van der Waals surface area contributed by atoms with Crippen molar-refractivity contribution < 1.29 is 9.84 Å². The molecule has 1 aromatic carbocycles. The first-order valence-corrected chi connectivity index (χ1v) is 5.22. The summed E-state index contributed by atoms with van der Waals surface area (Å²) in [6, 6.07) is 3.44. The molecule has 0 aromatic heterocycles. The Morgan fingerprint density at radius 1 is 1.38 bits per heavy atom. The molecule has 1 aromatic rings. The number of aromatic hydroxyl groups is 1. The molecule has 0 atom stereocenters. The van der Waals surface area contributed by atoms with Crippen LogP contribution in [-0.2, 0) is 4.74 Å². The van der Waals surface area contributed by atoms with Gasteiger partial charge in [-0.3, -0.25) is 0 Å². The lowest BCUT2D eigenvalue weighted by Gasteiger charge is -2.29. The fourth-order valence-corrected chi connectivity index (χ4v) is 1.87. The van der Waals surface area contributed by atoms with Gasteiger partial charge in [0, 0.05) is 24.8 Å². The van der Waals surface area contributed by atoms with Crippen LogP contribution in [0.2, 0.25) is 0 Å². The molecule has 0 amide bonds. The minimum Gasteiger partial charge on any atom is -0.505 e. The second-order valence-electron chi connectivity index (χ2n) is 3.82. The van der Waals surface area contributed by atoms with E-state index in [4.69, 9.17) is 4.74 Å². The molecule has 5 nitrogen and oxygen atoms in total. The zero-order valence-electron chi connectivity index (χ0n) is 9.14. The van der Waals surface area contributed by atoms with Crippen molar-refractivity contribution in [3.63, 3.8) is 0 Å². The number of benzene rings is 1. The lowest BCUT2D eigenvalue weighted by molar-refractivity contribution is 0.122. The van der Waals surface area contributed by atoms with Gasteiger partial charge in [0.05, 0.1) is 13.2 Å². The van der Waals surface area contributed by atoms with Gasteiger partial charge in [-0.25, -0.2) is 0 Å². The average molecular weight is 222 g/mol. The molecule has 0 spiro atoms. The maximum atomic E-state index is 10.5. The summed E-state index contributed by atoms with van der Waals surface area (Å²) in [5, 5.41) is 12.5. The van der Waals surface area contributed by atoms with Crippen LogP contribution in [0.5, 0.6) is 5.75 Å². The lowest BCUT2D eigenvalue weighted by atomic mass is 10.1. The van der Waals surface area contributed by atoms with Crippen molar-refractivity contribution >= 4 is 11.4 Å². The molecule has 1 N–H and O–H groups in total. The molecule has 1 fully saturated rings. The largest absolute Gasteiger partial charge is 0.505 e. The number of anilines is 1. The summed E-state index contributed by atoms with van der Waals surface area (Å²) < 4.78 is 5.25. The van der Waals surface area contributed by atoms with Crippen molar-refractivity contribution in [1.82, 2.24) is 0 Å². The van der Waals surface area contributed by atoms with E-state index in [1.807, 2.05) is 6.07 Å². The molecule has 0 saturated carbocycles. The van der Waals surface area contributed by atoms with Gasteiger partial charge in [-0.05, 0) is 23.7 Å². The number of hydrogen-bond donors (Lipinski definition) is 1. The van der Waals surface area contributed by atoms with Gasteiger partial charge in [-0.1, -0.05) is 0 Å². The van der Waals surface area contributed by atoms with Crippen LogP contribution in [0.25, 0.3) is 0 Å². The van der Waals surface area contributed by atoms with E-state index in [-0.39, 0.29) is 11.4 Å². The summed E-state index contributed by atoms with van der Waals surface area (Å²) in [6.45, 7) is 4.74. The van der Waals surface area contributed by atoms with E-state index in [9.17, 15) is 10.0 Å². The quantitative estimate of drug-likeness (QED) is 0.777. The van der Waals surface area contributed by atoms with E-state index in [1.165, 1.54) is 0 Å². The Hall–Kier alpha value is -1.62. The van der Waals surface area contributed by atoms with Gasteiger partial charge in [-0.15, -0.1) is 4.91 Å². The zero-order valence-corrected chi connectivity index (χ0v) is 9.14. The first-order valence-electron chi connectivity index (χ1n) is 5.22. The third-order valence-corrected chi connectivity index (χ3v) is 2.73. The number of morpholine rings is 1. The predicted octanol–water partition coefficient (Wildman–Crippen LogP) is 1.94. The van der Waals surface area contributed by atoms with Crippen molar-refractivity contribution in [2.24, 2.45) is 5.18 Å². The number of ether oxygens (including phenoxy) is 1. The van der Waals surface area contributed by atoms with Crippen molar-refractivity contribution in [1.29, 1.82) is 0 Å². The molecule has 86 valence electrons. The number of phenolic OH excluding ortho intramolecular Hbond substituents is 1. The van der Waals surface area contributed by atoms with Gasteiger partial charge in [0.1, 0.15) is 5.75 Å². The number of rotatable bonds is 2. The minimum absolute atomic E-state index is 0.0588. The molecular formula is C11H14N2O3. The van der Waals surface area contributed by atoms with Gasteiger partial charge >= 0.3 is 0 Å². The van der Waals surface area contributed by atoms with Gasteiger partial charge < -0.3 is 14.7 Å². The van der Waals surface area contributed by atoms with Crippen LogP contribution in [0.15, 0.2) is 17.3 Å². The van der Waals surface area contributed by atoms with Gasteiger partial charge in [0.25, 0.3) is 0 Å². The molecule has 0 aliphatic carbocycles. The Bertz CT molecular complexity index is 377. The molecule has 1 aliphatic heterocycles. The topological polar surface area (TPSA) is 62.1 Å². The van der Waals surface area contributed by atoms with Crippen LogP contribution in [0.1, 0.15) is 5.56 Å². The summed E-state index contributed by atoms with van der Waals surface area (Å²) in [5.74, 6) is -0.0588. The maximum Gasteiger partial charge on any atom is 0.152 e. The van der Waals surface area contributed by atoms with E-state index in [2.05, 4.69) is 10.1 Å². The van der Waals surface area contributed by atoms with E-state index in [0.29, 0.717) is 18.8 Å². The Morgan fingerprint density at radius 2 is 2.06 bits per heavy atom. The Morgan fingerprint density at radius 3 is 2.62 bits per heavy atom. The number of phenols is 1. The summed E-state index contributed by atoms with van der Waals surface area (Å²) in [4.78, 5) is 12.6. The summed E-state index contributed by atoms with van der Waals surface area (Å²) in [5.41, 5.74) is 1.72. The van der Waals surface area contributed by atoms with Crippen molar-refractivity contribution in [2.45, 2.75) is 6.92 Å². The SMILES string of the molecule is Cc1cc(N2CCOCC2)cc(O)c1N=O. The second-order valence-corrected chi connectivity index (χ2v) is 3.82. The minimum atomic E-state index is -0.0588. The Kier molecular flexibility index (Phi) is 3.05. The summed E-state index contributed by atoms with van der Waals surface area (Å²) in [6.07, 6.45) is 0. The molecule has 1 saturated heterocycles. The standard InChI is InChI=1S/C11H14N2O3/c1-8-6-9(7-10(14)11(8)12-15)13-2-4-16-5-3-13/h6-7,14H,2-5H2,1H3. The molecule has 16 heavy (non-hydrogen) atoms. The van der Waals surface area contributed by atoms with Gasteiger partial charge in [0.2, 0.25) is 0 Å². The molecule has 0 bridgehead atoms. The highest BCUT2D eigenvalue weighted by atomic mass is 16.5. The molecular weight excluding hydrogens is 208 g/mol. The van der Waals surface area contributed by atoms with Crippen LogP contribution >= 0.6 is 0 Å². The van der Waals surface area contributed by atoms with Crippen LogP contribution in [-0.4, -0.2) is 31.4 Å². The smallest absolute Gasteiger partial charge is 0.152 e. The third-order valence-electron chi connectivity index (χ3n) is 2.73. The summed E-state index contributed by atoms with van der Waals surface area (Å²) >= 11 is 0. The molecule has 0 unspecified atom stereocenters. The van der Waals surface area contributed by atoms with Crippen molar-refractivity contribution in [2.75, 3.05) is 31.2 Å². The van der Waals surface area contributed by atoms with E-state index < -0.39 is 0 Å². The van der Waals surface area contributed by atoms with Crippen LogP contribution in [0.4, 0.5) is 11.4 Å². The van der Waals surface area contributed by atoms with E-state index in [1.54, 1.807) is 13.0 Å². The fraction of sp³-hybridized carbons (Fsp3) is 0.455. The highest BCUT2D eigenvalue weighted by molar-refractivity contribution is 5.65. The normalized spacial score (nSPS) is 16.2. The highest BCUT2D eigenvalue weighted by Gasteiger charge is 2.15. The monoisotopic (exact) mass is 222 g/mol. The number of nitroso groups, excluding NO2 is 1. The second kappa shape index (κ2) is 4.49. The lowest BCUT2D eigenvalue weighted by Crippen LogP contribution is -2.36. The summed E-state index contributed by atoms with van der Waals surface area (Å²) in [7, 11) is 0. The first kappa shape index (κ1) is 10.9. The Balaban J connectivity index is 2.31. The molecule has 0 radical (unpaired) electrons. The fourth-order valence-electron chi connectivity index (χ4n) is 1.87. The van der Waals surface area contributed by atoms with Crippen LogP contribution in [0.3, 0.4) is 0 Å². The van der Waals surface area contributed by atoms with E-state index >= 15 is 0 Å². The first-order chi connectivity index (χ1) is 7.72. The third kappa shape index (κ3) is 1.99. The van der Waals surface area contributed by atoms with Crippen LogP contribution in [0, 0.1) is 11.8 Å². The van der Waals surface area contributed by atoms with Gasteiger partial charge in [-0.2, -0.15) is 0 Å². The van der Waals surface area contributed by atoms with Crippen molar-refractivity contribution in [3.8, 4) is 5.75 Å². The zero-order chi connectivity index (χ0) is 11.5. The molecule has 1 heterocycles. The number of aryl methyl sites for hydroxylation is 1. The molecule has 5 heteroatoms. The van der Waals surface area contributed by atoms with Crippen molar-refractivity contribution in [3.05, 3.63) is 22.6 Å². The average Bonchev–Trinajstić information content (AvgIpc) is 2.30.